The van der Waals surface area contributed by atoms with Gasteiger partial charge in [-0.1, -0.05) is 13.3 Å². The van der Waals surface area contributed by atoms with E-state index in [1.165, 1.54) is 6.42 Å². The fourth-order valence-corrected chi connectivity index (χ4v) is 1.43. The van der Waals surface area contributed by atoms with Gasteiger partial charge in [0.25, 0.3) is 0 Å². The summed E-state index contributed by atoms with van der Waals surface area (Å²) in [5.74, 6) is 0.527. The quantitative estimate of drug-likeness (QED) is 0.498. The molecule has 9 heavy (non-hydrogen) atoms. The van der Waals surface area contributed by atoms with E-state index >= 15 is 0 Å². The standard InChI is InChI=1S/C7H16N2/c1-5-6(8)3-2-4-7(5)9/h5-7H,2-4,8-9H2,1H3/t6-,7-/m1/s1. The van der Waals surface area contributed by atoms with Crippen LogP contribution in [0.15, 0.2) is 0 Å². The Hall–Kier alpha value is -0.0800. The lowest BCUT2D eigenvalue weighted by Gasteiger charge is -2.30. The molecule has 1 aliphatic rings. The van der Waals surface area contributed by atoms with Crippen LogP contribution in [-0.4, -0.2) is 12.1 Å². The van der Waals surface area contributed by atoms with Crippen LogP contribution >= 0.6 is 0 Å². The molecule has 0 heterocycles. The third-order valence-corrected chi connectivity index (χ3v) is 2.43. The van der Waals surface area contributed by atoms with Gasteiger partial charge in [-0.3, -0.25) is 0 Å². The normalized spacial score (nSPS) is 39.0. The lowest BCUT2D eigenvalue weighted by atomic mass is 9.83. The third-order valence-electron chi connectivity index (χ3n) is 2.43. The van der Waals surface area contributed by atoms with E-state index in [1.807, 2.05) is 0 Å². The highest BCUT2D eigenvalue weighted by Crippen LogP contribution is 2.20. The molecule has 0 aromatic rings. The highest BCUT2D eigenvalue weighted by atomic mass is 14.7. The first-order chi connectivity index (χ1) is 4.22. The fourth-order valence-electron chi connectivity index (χ4n) is 1.43. The van der Waals surface area contributed by atoms with Crippen molar-refractivity contribution in [3.63, 3.8) is 0 Å². The maximum atomic E-state index is 5.79. The Labute approximate surface area is 56.6 Å². The van der Waals surface area contributed by atoms with Crippen LogP contribution in [0.25, 0.3) is 0 Å². The Morgan fingerprint density at radius 3 is 1.89 bits per heavy atom. The van der Waals surface area contributed by atoms with E-state index in [2.05, 4.69) is 6.92 Å². The Kier molecular flexibility index (Phi) is 2.09. The highest BCUT2D eigenvalue weighted by Gasteiger charge is 2.23. The van der Waals surface area contributed by atoms with Crippen LogP contribution in [0.3, 0.4) is 0 Å². The first kappa shape index (κ1) is 7.03. The second kappa shape index (κ2) is 2.67. The van der Waals surface area contributed by atoms with E-state index in [-0.39, 0.29) is 0 Å². The molecule has 0 spiro atoms. The van der Waals surface area contributed by atoms with Gasteiger partial charge in [-0.2, -0.15) is 0 Å². The molecule has 0 unspecified atom stereocenters. The van der Waals surface area contributed by atoms with E-state index < -0.39 is 0 Å². The molecule has 54 valence electrons. The van der Waals surface area contributed by atoms with Gasteiger partial charge in [0, 0.05) is 12.1 Å². The molecule has 0 amide bonds. The van der Waals surface area contributed by atoms with Gasteiger partial charge in [0.05, 0.1) is 0 Å². The van der Waals surface area contributed by atoms with Crippen LogP contribution in [0.1, 0.15) is 26.2 Å². The van der Waals surface area contributed by atoms with Crippen LogP contribution in [-0.2, 0) is 0 Å². The molecule has 1 aliphatic carbocycles. The minimum atomic E-state index is 0.355. The maximum Gasteiger partial charge on any atom is 0.00792 e. The third kappa shape index (κ3) is 1.43. The molecule has 0 aromatic carbocycles. The Bertz CT molecular complexity index is 82.9. The van der Waals surface area contributed by atoms with Crippen molar-refractivity contribution in [3.05, 3.63) is 0 Å². The van der Waals surface area contributed by atoms with Gasteiger partial charge in [-0.05, 0) is 18.8 Å². The van der Waals surface area contributed by atoms with Crippen molar-refractivity contribution in [2.45, 2.75) is 38.3 Å². The summed E-state index contributed by atoms with van der Waals surface area (Å²) in [5.41, 5.74) is 11.6. The lowest BCUT2D eigenvalue weighted by molar-refractivity contribution is 0.287. The van der Waals surface area contributed by atoms with Crippen molar-refractivity contribution < 1.29 is 0 Å². The van der Waals surface area contributed by atoms with Gasteiger partial charge < -0.3 is 11.5 Å². The Balaban J connectivity index is 2.41. The molecule has 0 aliphatic heterocycles. The summed E-state index contributed by atoms with van der Waals surface area (Å²) < 4.78 is 0. The minimum absolute atomic E-state index is 0.355. The van der Waals surface area contributed by atoms with Gasteiger partial charge in [-0.25, -0.2) is 0 Å². The summed E-state index contributed by atoms with van der Waals surface area (Å²) in [6, 6.07) is 0.711. The van der Waals surface area contributed by atoms with Crippen molar-refractivity contribution in [2.24, 2.45) is 17.4 Å². The molecule has 0 saturated heterocycles. The summed E-state index contributed by atoms with van der Waals surface area (Å²) in [5, 5.41) is 0. The van der Waals surface area contributed by atoms with Gasteiger partial charge in [0.15, 0.2) is 0 Å². The van der Waals surface area contributed by atoms with E-state index in [4.69, 9.17) is 11.5 Å². The van der Waals surface area contributed by atoms with Crippen LogP contribution in [0.5, 0.6) is 0 Å². The van der Waals surface area contributed by atoms with Gasteiger partial charge >= 0.3 is 0 Å². The molecule has 4 N–H and O–H groups in total. The predicted molar refractivity (Wildman–Crippen MR) is 39.0 cm³/mol. The van der Waals surface area contributed by atoms with Gasteiger partial charge in [0.1, 0.15) is 0 Å². The SMILES string of the molecule is CC1[C@H](N)CCC[C@H]1N. The van der Waals surface area contributed by atoms with Crippen molar-refractivity contribution in [3.8, 4) is 0 Å². The minimum Gasteiger partial charge on any atom is -0.327 e. The lowest BCUT2D eigenvalue weighted by Crippen LogP contribution is -2.44. The molecular weight excluding hydrogens is 112 g/mol. The summed E-state index contributed by atoms with van der Waals surface area (Å²) >= 11 is 0. The van der Waals surface area contributed by atoms with Gasteiger partial charge in [-0.15, -0.1) is 0 Å². The van der Waals surface area contributed by atoms with E-state index in [0.29, 0.717) is 18.0 Å². The van der Waals surface area contributed by atoms with Crippen LogP contribution < -0.4 is 11.5 Å². The van der Waals surface area contributed by atoms with E-state index in [0.717, 1.165) is 12.8 Å². The predicted octanol–water partition coefficient (Wildman–Crippen LogP) is 0.461. The van der Waals surface area contributed by atoms with Crippen LogP contribution in [0, 0.1) is 5.92 Å². The molecule has 0 radical (unpaired) electrons. The second-order valence-corrected chi connectivity index (χ2v) is 3.12. The first-order valence-electron chi connectivity index (χ1n) is 3.73. The second-order valence-electron chi connectivity index (χ2n) is 3.12. The zero-order valence-corrected chi connectivity index (χ0v) is 6.01. The topological polar surface area (TPSA) is 52.0 Å². The smallest absolute Gasteiger partial charge is 0.00792 e. The van der Waals surface area contributed by atoms with Crippen LogP contribution in [0.2, 0.25) is 0 Å². The summed E-state index contributed by atoms with van der Waals surface area (Å²) in [6.07, 6.45) is 3.54. The summed E-state index contributed by atoms with van der Waals surface area (Å²) in [7, 11) is 0. The average molecular weight is 128 g/mol. The van der Waals surface area contributed by atoms with Crippen molar-refractivity contribution in [1.82, 2.24) is 0 Å². The number of rotatable bonds is 0. The fraction of sp³-hybridized carbons (Fsp3) is 1.00. The van der Waals surface area contributed by atoms with E-state index in [9.17, 15) is 0 Å². The van der Waals surface area contributed by atoms with Crippen molar-refractivity contribution in [1.29, 1.82) is 0 Å². The maximum absolute atomic E-state index is 5.79. The number of nitrogens with two attached hydrogens (primary N) is 2. The molecular formula is C7H16N2. The Morgan fingerprint density at radius 2 is 1.56 bits per heavy atom. The average Bonchev–Trinajstić information content (AvgIpc) is 1.83. The molecule has 2 nitrogen and oxygen atoms in total. The number of hydrogen-bond acceptors (Lipinski definition) is 2. The van der Waals surface area contributed by atoms with Crippen molar-refractivity contribution in [2.75, 3.05) is 0 Å². The first-order valence-corrected chi connectivity index (χ1v) is 3.73. The zero-order chi connectivity index (χ0) is 6.85. The largest absolute Gasteiger partial charge is 0.327 e. The van der Waals surface area contributed by atoms with Crippen LogP contribution in [0.4, 0.5) is 0 Å². The molecule has 2 heteroatoms. The van der Waals surface area contributed by atoms with Gasteiger partial charge in [0.2, 0.25) is 0 Å². The zero-order valence-electron chi connectivity index (χ0n) is 6.01. The molecule has 1 rings (SSSR count). The molecule has 1 saturated carbocycles. The molecule has 2 atom stereocenters. The molecule has 1 fully saturated rings. The Morgan fingerprint density at radius 1 is 1.11 bits per heavy atom. The summed E-state index contributed by atoms with van der Waals surface area (Å²) in [6.45, 7) is 2.15. The summed E-state index contributed by atoms with van der Waals surface area (Å²) in [4.78, 5) is 0. The molecule has 0 aromatic heterocycles. The van der Waals surface area contributed by atoms with E-state index in [1.54, 1.807) is 0 Å². The number of hydrogen-bond donors (Lipinski definition) is 2. The molecule has 0 bridgehead atoms. The van der Waals surface area contributed by atoms with Crippen molar-refractivity contribution >= 4 is 0 Å². The highest BCUT2D eigenvalue weighted by molar-refractivity contribution is 4.83. The monoisotopic (exact) mass is 128 g/mol.